The lowest BCUT2D eigenvalue weighted by atomic mass is 10.1. The van der Waals surface area contributed by atoms with Gasteiger partial charge in [-0.3, -0.25) is 4.79 Å². The molecule has 0 radical (unpaired) electrons. The van der Waals surface area contributed by atoms with Crippen molar-refractivity contribution in [2.45, 2.75) is 32.0 Å². The largest absolute Gasteiger partial charge is 0.377 e. The average Bonchev–Trinajstić information content (AvgIpc) is 3.16. The topological polar surface area (TPSA) is 41.6 Å². The molecule has 26 heavy (non-hydrogen) atoms. The zero-order chi connectivity index (χ0) is 17.3. The molecule has 0 bridgehead atoms. The van der Waals surface area contributed by atoms with Crippen molar-refractivity contribution in [3.05, 3.63) is 71.8 Å². The van der Waals surface area contributed by atoms with Crippen LogP contribution in [0.5, 0.6) is 0 Å². The minimum atomic E-state index is 0. The molecule has 1 saturated heterocycles. The van der Waals surface area contributed by atoms with E-state index in [-0.39, 0.29) is 24.4 Å². The SMILES string of the molecule is Cl.O=C(CNCC1CCCO1)N(Cc1ccccc1)Cc1ccccc1. The van der Waals surface area contributed by atoms with Gasteiger partial charge in [0, 0.05) is 26.2 Å². The van der Waals surface area contributed by atoms with E-state index in [1.54, 1.807) is 0 Å². The van der Waals surface area contributed by atoms with E-state index in [0.29, 0.717) is 19.6 Å². The Kier molecular flexibility index (Phi) is 8.62. The van der Waals surface area contributed by atoms with Crippen molar-refractivity contribution < 1.29 is 9.53 Å². The summed E-state index contributed by atoms with van der Waals surface area (Å²) in [6.07, 6.45) is 2.46. The highest BCUT2D eigenvalue weighted by atomic mass is 35.5. The third kappa shape index (κ3) is 6.45. The Balaban J connectivity index is 0.00000243. The molecule has 1 heterocycles. The number of hydrogen-bond acceptors (Lipinski definition) is 3. The molecule has 0 saturated carbocycles. The van der Waals surface area contributed by atoms with Crippen LogP contribution in [0.4, 0.5) is 0 Å². The van der Waals surface area contributed by atoms with Gasteiger partial charge in [-0.2, -0.15) is 0 Å². The lowest BCUT2D eigenvalue weighted by Crippen LogP contribution is -2.39. The van der Waals surface area contributed by atoms with Gasteiger partial charge in [-0.1, -0.05) is 60.7 Å². The minimum Gasteiger partial charge on any atom is -0.377 e. The molecule has 5 heteroatoms. The molecule has 140 valence electrons. The van der Waals surface area contributed by atoms with Crippen molar-refractivity contribution in [3.63, 3.8) is 0 Å². The van der Waals surface area contributed by atoms with Crippen molar-refractivity contribution in [3.8, 4) is 0 Å². The number of nitrogens with zero attached hydrogens (tertiary/aromatic N) is 1. The van der Waals surface area contributed by atoms with Crippen LogP contribution in [0.3, 0.4) is 0 Å². The number of nitrogens with one attached hydrogen (secondary N) is 1. The summed E-state index contributed by atoms with van der Waals surface area (Å²) in [5, 5.41) is 3.26. The van der Waals surface area contributed by atoms with Gasteiger partial charge >= 0.3 is 0 Å². The fourth-order valence-electron chi connectivity index (χ4n) is 3.10. The zero-order valence-corrected chi connectivity index (χ0v) is 15.8. The molecular formula is C21H27ClN2O2. The number of carbonyl (C=O) groups excluding carboxylic acids is 1. The van der Waals surface area contributed by atoms with Crippen molar-refractivity contribution in [2.75, 3.05) is 19.7 Å². The summed E-state index contributed by atoms with van der Waals surface area (Å²) in [7, 11) is 0. The van der Waals surface area contributed by atoms with Crippen LogP contribution in [0.15, 0.2) is 60.7 Å². The Labute approximate surface area is 162 Å². The second-order valence-corrected chi connectivity index (χ2v) is 6.49. The van der Waals surface area contributed by atoms with Crippen LogP contribution >= 0.6 is 12.4 Å². The van der Waals surface area contributed by atoms with Gasteiger partial charge in [0.15, 0.2) is 0 Å². The van der Waals surface area contributed by atoms with Gasteiger partial charge in [0.25, 0.3) is 0 Å². The predicted octanol–water partition coefficient (Wildman–Crippen LogP) is 3.41. The van der Waals surface area contributed by atoms with Crippen LogP contribution in [0.2, 0.25) is 0 Å². The van der Waals surface area contributed by atoms with Crippen LogP contribution in [0, 0.1) is 0 Å². The van der Waals surface area contributed by atoms with E-state index in [9.17, 15) is 4.79 Å². The molecule has 4 nitrogen and oxygen atoms in total. The number of ether oxygens (including phenoxy) is 1. The van der Waals surface area contributed by atoms with Crippen molar-refractivity contribution in [2.24, 2.45) is 0 Å². The van der Waals surface area contributed by atoms with E-state index in [4.69, 9.17) is 4.74 Å². The molecule has 1 aliphatic rings. The van der Waals surface area contributed by atoms with Crippen molar-refractivity contribution >= 4 is 18.3 Å². The molecule has 2 aromatic carbocycles. The first kappa shape index (κ1) is 20.4. The molecule has 2 aromatic rings. The quantitative estimate of drug-likeness (QED) is 0.769. The normalized spacial score (nSPS) is 16.1. The molecule has 3 rings (SSSR count). The first-order valence-electron chi connectivity index (χ1n) is 8.99. The lowest BCUT2D eigenvalue weighted by molar-refractivity contribution is -0.131. The Morgan fingerprint density at radius 2 is 1.58 bits per heavy atom. The van der Waals surface area contributed by atoms with Gasteiger partial charge in [0.1, 0.15) is 0 Å². The molecule has 1 N–H and O–H groups in total. The maximum absolute atomic E-state index is 12.7. The Hall–Kier alpha value is -1.88. The molecule has 0 aliphatic carbocycles. The molecule has 1 atom stereocenters. The highest BCUT2D eigenvalue weighted by Gasteiger charge is 2.17. The fourth-order valence-corrected chi connectivity index (χ4v) is 3.10. The lowest BCUT2D eigenvalue weighted by Gasteiger charge is -2.24. The summed E-state index contributed by atoms with van der Waals surface area (Å²) in [5.74, 6) is 0.116. The van der Waals surface area contributed by atoms with Crippen LogP contribution in [0.1, 0.15) is 24.0 Å². The average molecular weight is 375 g/mol. The molecule has 0 spiro atoms. The first-order chi connectivity index (χ1) is 12.3. The summed E-state index contributed by atoms with van der Waals surface area (Å²) in [4.78, 5) is 14.7. The fraction of sp³-hybridized carbons (Fsp3) is 0.381. The molecule has 1 unspecified atom stereocenters. The summed E-state index contributed by atoms with van der Waals surface area (Å²) in [5.41, 5.74) is 2.29. The third-order valence-corrected chi connectivity index (χ3v) is 4.46. The number of rotatable bonds is 8. The van der Waals surface area contributed by atoms with E-state index in [1.807, 2.05) is 41.3 Å². The van der Waals surface area contributed by atoms with Crippen molar-refractivity contribution in [1.82, 2.24) is 10.2 Å². The maximum atomic E-state index is 12.7. The van der Waals surface area contributed by atoms with E-state index in [1.165, 1.54) is 0 Å². The third-order valence-electron chi connectivity index (χ3n) is 4.46. The van der Waals surface area contributed by atoms with Gasteiger partial charge in [0.2, 0.25) is 5.91 Å². The summed E-state index contributed by atoms with van der Waals surface area (Å²) >= 11 is 0. The van der Waals surface area contributed by atoms with E-state index >= 15 is 0 Å². The maximum Gasteiger partial charge on any atom is 0.237 e. The Morgan fingerprint density at radius 1 is 1.00 bits per heavy atom. The monoisotopic (exact) mass is 374 g/mol. The van der Waals surface area contributed by atoms with Crippen LogP contribution in [-0.2, 0) is 22.6 Å². The van der Waals surface area contributed by atoms with Gasteiger partial charge in [-0.15, -0.1) is 12.4 Å². The van der Waals surface area contributed by atoms with Crippen molar-refractivity contribution in [1.29, 1.82) is 0 Å². The zero-order valence-electron chi connectivity index (χ0n) is 15.0. The van der Waals surface area contributed by atoms with Gasteiger partial charge in [-0.05, 0) is 24.0 Å². The van der Waals surface area contributed by atoms with Gasteiger partial charge < -0.3 is 15.0 Å². The minimum absolute atomic E-state index is 0. The summed E-state index contributed by atoms with van der Waals surface area (Å²) in [6, 6.07) is 20.3. The Morgan fingerprint density at radius 3 is 2.08 bits per heavy atom. The number of carbonyl (C=O) groups is 1. The molecule has 1 aliphatic heterocycles. The predicted molar refractivity (Wildman–Crippen MR) is 106 cm³/mol. The van der Waals surface area contributed by atoms with Gasteiger partial charge in [0.05, 0.1) is 12.6 Å². The highest BCUT2D eigenvalue weighted by molar-refractivity contribution is 5.85. The summed E-state index contributed by atoms with van der Waals surface area (Å²) < 4.78 is 5.60. The van der Waals surface area contributed by atoms with Gasteiger partial charge in [-0.25, -0.2) is 0 Å². The first-order valence-corrected chi connectivity index (χ1v) is 8.99. The molecule has 0 aromatic heterocycles. The smallest absolute Gasteiger partial charge is 0.237 e. The van der Waals surface area contributed by atoms with Crippen LogP contribution in [0.25, 0.3) is 0 Å². The van der Waals surface area contributed by atoms with E-state index < -0.39 is 0 Å². The standard InChI is InChI=1S/C21H26N2O2.ClH/c24-21(15-22-14-20-12-7-13-25-20)23(16-18-8-3-1-4-9-18)17-19-10-5-2-6-11-19;/h1-6,8-11,20,22H,7,12-17H2;1H. The number of amides is 1. The molecule has 1 amide bonds. The second-order valence-electron chi connectivity index (χ2n) is 6.49. The number of benzene rings is 2. The molecular weight excluding hydrogens is 348 g/mol. The summed E-state index contributed by atoms with van der Waals surface area (Å²) in [6.45, 7) is 3.18. The van der Waals surface area contributed by atoms with Crippen LogP contribution < -0.4 is 5.32 Å². The van der Waals surface area contributed by atoms with E-state index in [2.05, 4.69) is 29.6 Å². The number of halogens is 1. The Bertz CT molecular complexity index is 604. The number of hydrogen-bond donors (Lipinski definition) is 1. The molecule has 1 fully saturated rings. The van der Waals surface area contributed by atoms with Crippen LogP contribution in [-0.4, -0.2) is 36.6 Å². The highest BCUT2D eigenvalue weighted by Crippen LogP contribution is 2.12. The van der Waals surface area contributed by atoms with E-state index in [0.717, 1.165) is 37.1 Å². The second kappa shape index (κ2) is 11.0.